The molecule has 5 aliphatic carbocycles. The van der Waals surface area contributed by atoms with E-state index < -0.39 is 5.97 Å². The van der Waals surface area contributed by atoms with E-state index in [0.29, 0.717) is 35.1 Å². The van der Waals surface area contributed by atoms with Crippen molar-refractivity contribution in [3.05, 3.63) is 23.0 Å². The van der Waals surface area contributed by atoms with Gasteiger partial charge in [0.15, 0.2) is 0 Å². The molecule has 4 bridgehead atoms. The van der Waals surface area contributed by atoms with Gasteiger partial charge in [0, 0.05) is 21.6 Å². The maximum atomic E-state index is 14.7. The second-order valence-corrected chi connectivity index (χ2v) is 11.8. The summed E-state index contributed by atoms with van der Waals surface area (Å²) in [7, 11) is 0. The lowest BCUT2D eigenvalue weighted by Crippen LogP contribution is -2.48. The van der Waals surface area contributed by atoms with Crippen LogP contribution >= 0.6 is 23.4 Å². The molecule has 1 aromatic rings. The van der Waals surface area contributed by atoms with Gasteiger partial charge in [-0.1, -0.05) is 11.6 Å². The molecule has 0 heterocycles. The Morgan fingerprint density at radius 3 is 2.38 bits per heavy atom. The summed E-state index contributed by atoms with van der Waals surface area (Å²) in [5.74, 6) is 1.64. The lowest BCUT2D eigenvalue weighted by atomic mass is 9.50. The zero-order valence-electron chi connectivity index (χ0n) is 16.5. The number of carbonyl (C=O) groups is 1. The normalized spacial score (nSPS) is 37.8. The summed E-state index contributed by atoms with van der Waals surface area (Å²) in [4.78, 5) is 11.6. The second-order valence-electron chi connectivity index (χ2n) is 10.0. The Morgan fingerprint density at radius 1 is 1.14 bits per heavy atom. The first-order valence-corrected chi connectivity index (χ1v) is 12.2. The van der Waals surface area contributed by atoms with Crippen LogP contribution < -0.4 is 4.74 Å². The average molecular weight is 439 g/mol. The topological polar surface area (TPSA) is 46.5 Å². The Balaban J connectivity index is 1.24. The van der Waals surface area contributed by atoms with Crippen LogP contribution in [0.3, 0.4) is 0 Å². The zero-order chi connectivity index (χ0) is 20.2. The lowest BCUT2D eigenvalue weighted by Gasteiger charge is -2.56. The molecule has 5 aliphatic rings. The van der Waals surface area contributed by atoms with Crippen LogP contribution in [-0.2, 0) is 4.79 Å². The number of hydrogen-bond acceptors (Lipinski definition) is 3. The number of hydrogen-bond donors (Lipinski definition) is 1. The summed E-state index contributed by atoms with van der Waals surface area (Å²) in [6.45, 7) is 0.644. The quantitative estimate of drug-likeness (QED) is 0.556. The van der Waals surface area contributed by atoms with Crippen LogP contribution in [-0.4, -0.2) is 22.9 Å². The number of ether oxygens (including phenoxy) is 1. The first-order chi connectivity index (χ1) is 13.9. The number of rotatable bonds is 6. The molecule has 158 valence electrons. The molecule has 5 fully saturated rings. The summed E-state index contributed by atoms with van der Waals surface area (Å²) in [6, 6.07) is 3.08. The monoisotopic (exact) mass is 438 g/mol. The smallest absolute Gasteiger partial charge is 0.306 e. The minimum Gasteiger partial charge on any atom is -0.491 e. The summed E-state index contributed by atoms with van der Waals surface area (Å²) in [5, 5.41) is 9.73. The number of aliphatic carboxylic acids is 1. The highest BCUT2D eigenvalue weighted by atomic mass is 35.5. The third-order valence-electron chi connectivity index (χ3n) is 7.71. The fourth-order valence-corrected chi connectivity index (χ4v) is 8.44. The highest BCUT2D eigenvalue weighted by molar-refractivity contribution is 8.00. The molecule has 0 aromatic heterocycles. The van der Waals surface area contributed by atoms with E-state index in [9.17, 15) is 9.18 Å². The van der Waals surface area contributed by atoms with Gasteiger partial charge in [-0.2, -0.15) is 0 Å². The van der Waals surface area contributed by atoms with E-state index in [1.54, 1.807) is 6.07 Å². The Hall–Kier alpha value is -0.940. The molecule has 0 saturated heterocycles. The Labute approximate surface area is 180 Å². The van der Waals surface area contributed by atoms with Gasteiger partial charge in [-0.15, -0.1) is 11.8 Å². The van der Waals surface area contributed by atoms with Crippen LogP contribution in [0.25, 0.3) is 0 Å². The SMILES string of the molecule is O=C(O)C1CCC(Sc2cc(Cl)c(OCC34CC5CC(CC(C5)C3)C4)cc2F)C1. The number of benzene rings is 1. The first-order valence-electron chi connectivity index (χ1n) is 10.9. The van der Waals surface area contributed by atoms with Gasteiger partial charge in [0.05, 0.1) is 17.5 Å². The van der Waals surface area contributed by atoms with E-state index in [-0.39, 0.29) is 22.4 Å². The van der Waals surface area contributed by atoms with Gasteiger partial charge in [0.1, 0.15) is 11.6 Å². The summed E-state index contributed by atoms with van der Waals surface area (Å²) >= 11 is 7.86. The first kappa shape index (κ1) is 20.0. The van der Waals surface area contributed by atoms with Gasteiger partial charge < -0.3 is 9.84 Å². The Kier molecular flexibility index (Phi) is 5.26. The largest absolute Gasteiger partial charge is 0.491 e. The standard InChI is InChI=1S/C23H28ClFO3S/c24-18-7-21(29-17-2-1-16(6-17)22(26)27)19(25)8-20(18)28-12-23-9-13-3-14(10-23)5-15(4-13)11-23/h7-8,13-17H,1-6,9-12H2,(H,26,27). The minimum absolute atomic E-state index is 0.125. The molecular weight excluding hydrogens is 411 g/mol. The van der Waals surface area contributed by atoms with E-state index in [2.05, 4.69) is 0 Å². The van der Waals surface area contributed by atoms with Crippen molar-refractivity contribution < 1.29 is 19.0 Å². The van der Waals surface area contributed by atoms with Crippen molar-refractivity contribution in [3.63, 3.8) is 0 Å². The summed E-state index contributed by atoms with van der Waals surface area (Å²) in [5.41, 5.74) is 0.262. The average Bonchev–Trinajstić information content (AvgIpc) is 3.11. The fourth-order valence-electron chi connectivity index (χ4n) is 6.86. The molecule has 0 aliphatic heterocycles. The third-order valence-corrected chi connectivity index (χ3v) is 9.34. The molecule has 2 unspecified atom stereocenters. The van der Waals surface area contributed by atoms with E-state index in [1.807, 2.05) is 0 Å². The van der Waals surface area contributed by atoms with Gasteiger partial charge in [-0.05, 0) is 81.6 Å². The molecule has 0 amide bonds. The minimum atomic E-state index is -0.750. The van der Waals surface area contributed by atoms with Gasteiger partial charge in [-0.3, -0.25) is 4.79 Å². The highest BCUT2D eigenvalue weighted by Gasteiger charge is 2.51. The molecule has 6 rings (SSSR count). The number of carboxylic acids is 1. The van der Waals surface area contributed by atoms with Gasteiger partial charge in [0.25, 0.3) is 0 Å². The Morgan fingerprint density at radius 2 is 1.79 bits per heavy atom. The van der Waals surface area contributed by atoms with E-state index in [1.165, 1.54) is 56.4 Å². The molecule has 29 heavy (non-hydrogen) atoms. The maximum absolute atomic E-state index is 14.7. The molecule has 5 saturated carbocycles. The molecule has 1 aromatic carbocycles. The molecular formula is C23H28ClFO3S. The van der Waals surface area contributed by atoms with Crippen molar-refractivity contribution in [3.8, 4) is 5.75 Å². The molecule has 6 heteroatoms. The molecule has 3 nitrogen and oxygen atoms in total. The Bertz CT molecular complexity index is 778. The lowest BCUT2D eigenvalue weighted by molar-refractivity contribution is -0.141. The van der Waals surface area contributed by atoms with E-state index in [0.717, 1.165) is 24.2 Å². The predicted molar refractivity (Wildman–Crippen MR) is 112 cm³/mol. The van der Waals surface area contributed by atoms with Crippen molar-refractivity contribution in [2.45, 2.75) is 67.9 Å². The van der Waals surface area contributed by atoms with Crippen LogP contribution in [0.5, 0.6) is 5.75 Å². The highest BCUT2D eigenvalue weighted by Crippen LogP contribution is 2.60. The van der Waals surface area contributed by atoms with Crippen molar-refractivity contribution in [1.29, 1.82) is 0 Å². The number of thioether (sulfide) groups is 1. The van der Waals surface area contributed by atoms with E-state index >= 15 is 0 Å². The molecule has 0 radical (unpaired) electrons. The van der Waals surface area contributed by atoms with Crippen molar-refractivity contribution >= 4 is 29.3 Å². The summed E-state index contributed by atoms with van der Waals surface area (Å²) in [6.07, 6.45) is 9.97. The third kappa shape index (κ3) is 4.01. The van der Waals surface area contributed by atoms with Crippen LogP contribution in [0.2, 0.25) is 5.02 Å². The maximum Gasteiger partial charge on any atom is 0.306 e. The van der Waals surface area contributed by atoms with Gasteiger partial charge in [-0.25, -0.2) is 4.39 Å². The second kappa shape index (κ2) is 7.64. The molecule has 1 N–H and O–H groups in total. The van der Waals surface area contributed by atoms with Crippen molar-refractivity contribution in [1.82, 2.24) is 0 Å². The molecule has 2 atom stereocenters. The fraction of sp³-hybridized carbons (Fsp3) is 0.696. The van der Waals surface area contributed by atoms with Crippen LogP contribution in [0, 0.1) is 34.9 Å². The predicted octanol–water partition coefficient (Wildman–Crippen LogP) is 6.42. The number of carboxylic acid groups (broad SMARTS) is 1. The zero-order valence-corrected chi connectivity index (χ0v) is 18.1. The van der Waals surface area contributed by atoms with Crippen molar-refractivity contribution in [2.75, 3.05) is 6.61 Å². The summed E-state index contributed by atoms with van der Waals surface area (Å²) < 4.78 is 20.9. The van der Waals surface area contributed by atoms with Crippen LogP contribution in [0.4, 0.5) is 4.39 Å². The number of halogens is 2. The molecule has 0 spiro atoms. The van der Waals surface area contributed by atoms with Gasteiger partial charge in [0.2, 0.25) is 0 Å². The van der Waals surface area contributed by atoms with Gasteiger partial charge >= 0.3 is 5.97 Å². The van der Waals surface area contributed by atoms with Crippen molar-refractivity contribution in [2.24, 2.45) is 29.1 Å². The van der Waals surface area contributed by atoms with Crippen LogP contribution in [0.15, 0.2) is 17.0 Å². The van der Waals surface area contributed by atoms with Crippen LogP contribution in [0.1, 0.15) is 57.8 Å². The van der Waals surface area contributed by atoms with E-state index in [4.69, 9.17) is 21.4 Å².